The van der Waals surface area contributed by atoms with Crippen molar-refractivity contribution >= 4 is 33.3 Å². The number of benzene rings is 1. The Kier molecular flexibility index (Phi) is 4.01. The molecule has 2 heterocycles. The van der Waals surface area contributed by atoms with Crippen LogP contribution in [0.25, 0.3) is 10.2 Å². The normalized spacial score (nSPS) is 10.8. The minimum absolute atomic E-state index is 0.0945. The lowest BCUT2D eigenvalue weighted by atomic mass is 10.1. The minimum Gasteiger partial charge on any atom is -0.301 e. The Morgan fingerprint density at radius 3 is 2.91 bits per heavy atom. The Morgan fingerprint density at radius 1 is 1.36 bits per heavy atom. The lowest BCUT2D eigenvalue weighted by molar-refractivity contribution is 0.978. The molecule has 3 rings (SSSR count). The zero-order valence-corrected chi connectivity index (χ0v) is 13.8. The topological polar surface area (TPSA) is 69.5 Å². The van der Waals surface area contributed by atoms with Gasteiger partial charge >= 0.3 is 0 Å². The number of thiophene rings is 1. The van der Waals surface area contributed by atoms with Crippen molar-refractivity contribution in [2.75, 3.05) is 0 Å². The van der Waals surface area contributed by atoms with E-state index >= 15 is 0 Å². The molecule has 1 aromatic carbocycles. The maximum Gasteiger partial charge on any atom is 0.260 e. The van der Waals surface area contributed by atoms with Crippen LogP contribution in [0.2, 0.25) is 0 Å². The van der Waals surface area contributed by atoms with E-state index in [0.717, 1.165) is 20.8 Å². The highest BCUT2D eigenvalue weighted by atomic mass is 32.2. The lowest BCUT2D eigenvalue weighted by Gasteiger charge is -2.03. The maximum atomic E-state index is 12.2. The maximum absolute atomic E-state index is 12.2. The van der Waals surface area contributed by atoms with Gasteiger partial charge in [-0.3, -0.25) is 4.79 Å². The van der Waals surface area contributed by atoms with Crippen molar-refractivity contribution in [3.63, 3.8) is 0 Å². The molecule has 4 nitrogen and oxygen atoms in total. The smallest absolute Gasteiger partial charge is 0.260 e. The molecule has 0 aliphatic heterocycles. The van der Waals surface area contributed by atoms with Crippen LogP contribution >= 0.6 is 23.1 Å². The molecule has 0 radical (unpaired) electrons. The summed E-state index contributed by atoms with van der Waals surface area (Å²) in [4.78, 5) is 21.5. The number of nitriles is 1. The quantitative estimate of drug-likeness (QED) is 0.587. The minimum atomic E-state index is -0.0945. The van der Waals surface area contributed by atoms with Crippen LogP contribution in [0, 0.1) is 25.2 Å². The number of thioether (sulfide) groups is 1. The molecule has 22 heavy (non-hydrogen) atoms. The van der Waals surface area contributed by atoms with Crippen LogP contribution in [0.4, 0.5) is 0 Å². The molecule has 0 aliphatic carbocycles. The second kappa shape index (κ2) is 5.95. The largest absolute Gasteiger partial charge is 0.301 e. The summed E-state index contributed by atoms with van der Waals surface area (Å²) < 4.78 is 0. The van der Waals surface area contributed by atoms with E-state index in [2.05, 4.69) is 16.0 Å². The van der Waals surface area contributed by atoms with E-state index in [1.807, 2.05) is 32.0 Å². The molecule has 0 aliphatic rings. The van der Waals surface area contributed by atoms with Gasteiger partial charge in [0, 0.05) is 10.6 Å². The van der Waals surface area contributed by atoms with E-state index in [1.165, 1.54) is 23.1 Å². The molecule has 0 saturated carbocycles. The monoisotopic (exact) mass is 327 g/mol. The summed E-state index contributed by atoms with van der Waals surface area (Å²) in [6.07, 6.45) is 0. The third-order valence-electron chi connectivity index (χ3n) is 3.52. The highest BCUT2D eigenvalue weighted by Gasteiger charge is 2.12. The van der Waals surface area contributed by atoms with Gasteiger partial charge in [-0.2, -0.15) is 5.26 Å². The predicted octanol–water partition coefficient (Wildman–Crippen LogP) is 3.77. The molecule has 2 aromatic heterocycles. The Hall–Kier alpha value is -2.10. The fourth-order valence-corrected chi connectivity index (χ4v) is 4.16. The van der Waals surface area contributed by atoms with Crippen molar-refractivity contribution in [3.05, 3.63) is 56.2 Å². The van der Waals surface area contributed by atoms with Gasteiger partial charge in [0.1, 0.15) is 4.83 Å². The van der Waals surface area contributed by atoms with Gasteiger partial charge in [0.2, 0.25) is 0 Å². The van der Waals surface area contributed by atoms with Crippen LogP contribution in [-0.4, -0.2) is 9.97 Å². The van der Waals surface area contributed by atoms with Crippen molar-refractivity contribution in [1.29, 1.82) is 5.26 Å². The number of nitrogens with zero attached hydrogens (tertiary/aromatic N) is 2. The number of rotatable bonds is 3. The molecule has 0 bridgehead atoms. The van der Waals surface area contributed by atoms with Crippen LogP contribution in [0.15, 0.2) is 34.2 Å². The molecule has 0 fully saturated rings. The van der Waals surface area contributed by atoms with Gasteiger partial charge in [-0.1, -0.05) is 30.0 Å². The molecule has 0 saturated heterocycles. The Labute approximate surface area is 135 Å². The molecular weight excluding hydrogens is 314 g/mol. The van der Waals surface area contributed by atoms with E-state index in [0.29, 0.717) is 21.9 Å². The summed E-state index contributed by atoms with van der Waals surface area (Å²) in [6, 6.07) is 9.64. The highest BCUT2D eigenvalue weighted by molar-refractivity contribution is 7.98. The molecule has 0 amide bonds. The number of aryl methyl sites for hydroxylation is 2. The summed E-state index contributed by atoms with van der Waals surface area (Å²) in [5, 5.41) is 10.4. The van der Waals surface area contributed by atoms with Gasteiger partial charge in [-0.15, -0.1) is 11.3 Å². The molecule has 0 spiro atoms. The van der Waals surface area contributed by atoms with Gasteiger partial charge < -0.3 is 4.98 Å². The second-order valence-corrected chi connectivity index (χ2v) is 7.06. The third kappa shape index (κ3) is 2.65. The van der Waals surface area contributed by atoms with Gasteiger partial charge in [0.25, 0.3) is 5.56 Å². The number of aromatic amines is 1. The number of hydrogen-bond donors (Lipinski definition) is 1. The summed E-state index contributed by atoms with van der Waals surface area (Å²) >= 11 is 2.98. The molecular formula is C16H13N3OS2. The second-order valence-electron chi connectivity index (χ2n) is 4.89. The van der Waals surface area contributed by atoms with Crippen molar-refractivity contribution in [1.82, 2.24) is 9.97 Å². The third-order valence-corrected chi connectivity index (χ3v) is 5.54. The number of fused-ring (bicyclic) bond motifs is 1. The Morgan fingerprint density at radius 2 is 2.14 bits per heavy atom. The van der Waals surface area contributed by atoms with E-state index in [1.54, 1.807) is 6.07 Å². The van der Waals surface area contributed by atoms with Crippen molar-refractivity contribution < 1.29 is 0 Å². The van der Waals surface area contributed by atoms with Crippen molar-refractivity contribution in [3.8, 4) is 6.07 Å². The molecule has 1 N–H and O–H groups in total. The number of hydrogen-bond acceptors (Lipinski definition) is 5. The number of H-pyrrole nitrogens is 1. The van der Waals surface area contributed by atoms with Crippen LogP contribution in [-0.2, 0) is 5.75 Å². The van der Waals surface area contributed by atoms with Crippen LogP contribution in [0.3, 0.4) is 0 Å². The lowest BCUT2D eigenvalue weighted by Crippen LogP contribution is -2.08. The van der Waals surface area contributed by atoms with Crippen LogP contribution in [0.5, 0.6) is 0 Å². The summed E-state index contributed by atoms with van der Waals surface area (Å²) in [5.41, 5.74) is 2.50. The van der Waals surface area contributed by atoms with E-state index < -0.39 is 0 Å². The van der Waals surface area contributed by atoms with E-state index in [4.69, 9.17) is 5.26 Å². The fourth-order valence-electron chi connectivity index (χ4n) is 2.20. The predicted molar refractivity (Wildman–Crippen MR) is 90.4 cm³/mol. The van der Waals surface area contributed by atoms with Crippen LogP contribution < -0.4 is 5.56 Å². The van der Waals surface area contributed by atoms with E-state index in [-0.39, 0.29) is 5.56 Å². The standard InChI is InChI=1S/C16H13N3OS2/c1-9-10(2)22-15-13(9)14(20)18-16(19-15)21-8-12-6-4-3-5-11(12)7-17/h3-6H,8H2,1-2H3,(H,18,19,20). The molecule has 6 heteroatoms. The first-order valence-corrected chi connectivity index (χ1v) is 8.51. The first kappa shape index (κ1) is 14.8. The Balaban J connectivity index is 1.92. The van der Waals surface area contributed by atoms with Crippen molar-refractivity contribution in [2.45, 2.75) is 24.8 Å². The van der Waals surface area contributed by atoms with Gasteiger partial charge in [0.05, 0.1) is 17.0 Å². The highest BCUT2D eigenvalue weighted by Crippen LogP contribution is 2.28. The molecule has 0 unspecified atom stereocenters. The first-order chi connectivity index (χ1) is 10.6. The Bertz CT molecular complexity index is 950. The fraction of sp³-hybridized carbons (Fsp3) is 0.188. The van der Waals surface area contributed by atoms with Crippen molar-refractivity contribution in [2.24, 2.45) is 0 Å². The average molecular weight is 327 g/mol. The molecule has 3 aromatic rings. The molecule has 0 atom stereocenters. The average Bonchev–Trinajstić information content (AvgIpc) is 2.80. The SMILES string of the molecule is Cc1sc2nc(SCc3ccccc3C#N)[nH]c(=O)c2c1C. The zero-order valence-electron chi connectivity index (χ0n) is 12.1. The summed E-state index contributed by atoms with van der Waals surface area (Å²) in [5.74, 6) is 0.599. The zero-order chi connectivity index (χ0) is 15.7. The first-order valence-electron chi connectivity index (χ1n) is 6.71. The molecule has 110 valence electrons. The van der Waals surface area contributed by atoms with Crippen LogP contribution in [0.1, 0.15) is 21.6 Å². The summed E-state index contributed by atoms with van der Waals surface area (Å²) in [7, 11) is 0. The van der Waals surface area contributed by atoms with Gasteiger partial charge in [-0.25, -0.2) is 4.98 Å². The number of nitrogens with one attached hydrogen (secondary N) is 1. The van der Waals surface area contributed by atoms with E-state index in [9.17, 15) is 4.79 Å². The number of aromatic nitrogens is 2. The van der Waals surface area contributed by atoms with Gasteiger partial charge in [-0.05, 0) is 31.0 Å². The van der Waals surface area contributed by atoms with Gasteiger partial charge in [0.15, 0.2) is 5.16 Å². The summed E-state index contributed by atoms with van der Waals surface area (Å²) in [6.45, 7) is 3.94.